The molecule has 2 amide bonds. The van der Waals surface area contributed by atoms with Crippen molar-refractivity contribution in [2.24, 2.45) is 23.7 Å². The maximum atomic E-state index is 12.8. The lowest BCUT2D eigenvalue weighted by atomic mass is 9.81. The number of anilines is 1. The topological polar surface area (TPSA) is 56.8 Å². The minimum Gasteiger partial charge on any atom is -0.354 e. The van der Waals surface area contributed by atoms with E-state index in [1.807, 2.05) is 12.1 Å². The highest BCUT2D eigenvalue weighted by Gasteiger charge is 2.60. The average molecular weight is 433 g/mol. The van der Waals surface area contributed by atoms with Crippen LogP contribution in [-0.4, -0.2) is 65.9 Å². The normalized spacial score (nSPS) is 30.0. The van der Waals surface area contributed by atoms with Crippen molar-refractivity contribution < 1.29 is 9.59 Å². The van der Waals surface area contributed by atoms with Gasteiger partial charge in [-0.25, -0.2) is 4.98 Å². The Hall–Kier alpha value is -2.47. The summed E-state index contributed by atoms with van der Waals surface area (Å²) in [6, 6.07) is 12.5. The van der Waals surface area contributed by atoms with E-state index >= 15 is 0 Å². The number of para-hydroxylation sites is 1. The van der Waals surface area contributed by atoms with Crippen LogP contribution in [0.1, 0.15) is 32.1 Å². The summed E-state index contributed by atoms with van der Waals surface area (Å²) in [5.41, 5.74) is 1.05. The molecule has 1 aromatic heterocycles. The maximum Gasteiger partial charge on any atom is 0.233 e. The Labute approximate surface area is 189 Å². The van der Waals surface area contributed by atoms with E-state index in [-0.39, 0.29) is 23.7 Å². The lowest BCUT2D eigenvalue weighted by Crippen LogP contribution is -2.47. The van der Waals surface area contributed by atoms with Gasteiger partial charge >= 0.3 is 0 Å². The second kappa shape index (κ2) is 8.14. The zero-order valence-electron chi connectivity index (χ0n) is 18.7. The van der Waals surface area contributed by atoms with E-state index in [1.54, 1.807) is 4.90 Å². The second-order valence-electron chi connectivity index (χ2n) is 10.1. The summed E-state index contributed by atoms with van der Waals surface area (Å²) in [5, 5.41) is 1.18. The van der Waals surface area contributed by atoms with Crippen molar-refractivity contribution in [3.63, 3.8) is 0 Å². The Morgan fingerprint density at radius 3 is 2.25 bits per heavy atom. The van der Waals surface area contributed by atoms with Crippen molar-refractivity contribution in [1.29, 1.82) is 0 Å². The number of rotatable bonds is 6. The number of likely N-dealkylation sites (tertiary alicyclic amines) is 1. The summed E-state index contributed by atoms with van der Waals surface area (Å²) >= 11 is 0. The van der Waals surface area contributed by atoms with Crippen LogP contribution >= 0.6 is 0 Å². The first-order chi connectivity index (χ1) is 15.7. The van der Waals surface area contributed by atoms with E-state index < -0.39 is 0 Å². The first-order valence-corrected chi connectivity index (χ1v) is 12.4. The Bertz CT molecular complexity index is 1000. The van der Waals surface area contributed by atoms with Crippen LogP contribution in [0.5, 0.6) is 0 Å². The SMILES string of the molecule is O=C1C2C3CCC(C3)C2C(=O)N1CCCCN1CCN(c2ccc3ccccc3n2)CC1. The van der Waals surface area contributed by atoms with Crippen molar-refractivity contribution in [1.82, 2.24) is 14.8 Å². The Kier molecular flexibility index (Phi) is 5.13. The third-order valence-corrected chi connectivity index (χ3v) is 8.40. The zero-order valence-corrected chi connectivity index (χ0v) is 18.7. The zero-order chi connectivity index (χ0) is 21.7. The van der Waals surface area contributed by atoms with Crippen LogP contribution in [0.4, 0.5) is 5.82 Å². The number of hydrogen-bond donors (Lipinski definition) is 0. The molecule has 0 N–H and O–H groups in total. The molecule has 6 nitrogen and oxygen atoms in total. The fraction of sp³-hybridized carbons (Fsp3) is 0.577. The molecule has 6 rings (SSSR count). The van der Waals surface area contributed by atoms with Crippen molar-refractivity contribution in [3.8, 4) is 0 Å². The van der Waals surface area contributed by atoms with Crippen LogP contribution in [-0.2, 0) is 9.59 Å². The van der Waals surface area contributed by atoms with Gasteiger partial charge in [-0.1, -0.05) is 18.2 Å². The molecule has 2 aromatic rings. The Morgan fingerprint density at radius 1 is 0.812 bits per heavy atom. The molecule has 0 radical (unpaired) electrons. The smallest absolute Gasteiger partial charge is 0.233 e. The summed E-state index contributed by atoms with van der Waals surface area (Å²) in [5.74, 6) is 2.37. The minimum absolute atomic E-state index is 0.0260. The molecule has 1 aromatic carbocycles. The molecule has 2 aliphatic heterocycles. The number of amides is 2. The monoisotopic (exact) mass is 432 g/mol. The molecule has 4 aliphatic rings. The van der Waals surface area contributed by atoms with Crippen LogP contribution in [0.15, 0.2) is 36.4 Å². The summed E-state index contributed by atoms with van der Waals surface area (Å²) < 4.78 is 0. The van der Waals surface area contributed by atoms with Crippen molar-refractivity contribution in [2.45, 2.75) is 32.1 Å². The fourth-order valence-electron chi connectivity index (χ4n) is 6.73. The molecule has 32 heavy (non-hydrogen) atoms. The summed E-state index contributed by atoms with van der Waals surface area (Å²) in [6.45, 7) is 5.69. The van der Waals surface area contributed by atoms with Gasteiger partial charge < -0.3 is 4.90 Å². The number of nitrogens with zero attached hydrogens (tertiary/aromatic N) is 4. The first-order valence-electron chi connectivity index (χ1n) is 12.4. The quantitative estimate of drug-likeness (QED) is 0.518. The van der Waals surface area contributed by atoms with Gasteiger partial charge in [-0.05, 0) is 68.7 Å². The van der Waals surface area contributed by atoms with Crippen LogP contribution in [0.3, 0.4) is 0 Å². The van der Waals surface area contributed by atoms with Gasteiger partial charge in [-0.2, -0.15) is 0 Å². The molecule has 2 saturated heterocycles. The van der Waals surface area contributed by atoms with Gasteiger partial charge in [0.2, 0.25) is 11.8 Å². The third-order valence-electron chi connectivity index (χ3n) is 8.40. The molecular weight excluding hydrogens is 400 g/mol. The molecule has 4 atom stereocenters. The van der Waals surface area contributed by atoms with Crippen LogP contribution in [0.2, 0.25) is 0 Å². The Morgan fingerprint density at radius 2 is 1.50 bits per heavy atom. The van der Waals surface area contributed by atoms with Crippen LogP contribution < -0.4 is 4.90 Å². The fourth-order valence-corrected chi connectivity index (χ4v) is 6.73. The third kappa shape index (κ3) is 3.40. The number of unbranched alkanes of at least 4 members (excludes halogenated alkanes) is 1. The van der Waals surface area contributed by atoms with E-state index in [0.717, 1.165) is 76.2 Å². The van der Waals surface area contributed by atoms with Crippen LogP contribution in [0, 0.1) is 23.7 Å². The molecule has 2 saturated carbocycles. The standard InChI is InChI=1S/C26H32N4O2/c31-25-23-19-7-8-20(17-19)24(23)26(32)30(25)12-4-3-11-28-13-15-29(16-14-28)22-10-9-18-5-1-2-6-21(18)27-22/h1-2,5-6,9-10,19-20,23-24H,3-4,7-8,11-17H2. The van der Waals surface area contributed by atoms with Gasteiger partial charge in [0.05, 0.1) is 17.4 Å². The number of fused-ring (bicyclic) bond motifs is 6. The lowest BCUT2D eigenvalue weighted by molar-refractivity contribution is -0.140. The Balaban J connectivity index is 0.961. The number of carbonyl (C=O) groups excluding carboxylic acids is 2. The van der Waals surface area contributed by atoms with Crippen molar-refractivity contribution in [2.75, 3.05) is 44.2 Å². The highest BCUT2D eigenvalue weighted by atomic mass is 16.2. The predicted octanol–water partition coefficient (Wildman–Crippen LogP) is 3.17. The molecular formula is C26H32N4O2. The van der Waals surface area contributed by atoms with E-state index in [4.69, 9.17) is 4.98 Å². The molecule has 3 heterocycles. The van der Waals surface area contributed by atoms with Gasteiger partial charge in [0.15, 0.2) is 0 Å². The number of piperazine rings is 1. The molecule has 2 aliphatic carbocycles. The van der Waals surface area contributed by atoms with Gasteiger partial charge in [0.1, 0.15) is 5.82 Å². The van der Waals surface area contributed by atoms with Crippen LogP contribution in [0.25, 0.3) is 10.9 Å². The molecule has 6 heteroatoms. The second-order valence-corrected chi connectivity index (χ2v) is 10.1. The van der Waals surface area contributed by atoms with E-state index in [1.165, 1.54) is 5.39 Å². The molecule has 2 bridgehead atoms. The summed E-state index contributed by atoms with van der Waals surface area (Å²) in [4.78, 5) is 37.0. The predicted molar refractivity (Wildman–Crippen MR) is 124 cm³/mol. The van der Waals surface area contributed by atoms with Crippen molar-refractivity contribution in [3.05, 3.63) is 36.4 Å². The number of hydrogen-bond acceptors (Lipinski definition) is 5. The molecule has 4 fully saturated rings. The number of carbonyl (C=O) groups is 2. The summed E-state index contributed by atoms with van der Waals surface area (Å²) in [6.07, 6.45) is 5.37. The van der Waals surface area contributed by atoms with Gasteiger partial charge in [-0.3, -0.25) is 19.4 Å². The van der Waals surface area contributed by atoms with E-state index in [2.05, 4.69) is 34.1 Å². The first kappa shape index (κ1) is 20.2. The lowest BCUT2D eigenvalue weighted by Gasteiger charge is -2.35. The highest BCUT2D eigenvalue weighted by Crippen LogP contribution is 2.56. The summed E-state index contributed by atoms with van der Waals surface area (Å²) in [7, 11) is 0. The number of aromatic nitrogens is 1. The molecule has 4 unspecified atom stereocenters. The van der Waals surface area contributed by atoms with E-state index in [0.29, 0.717) is 18.4 Å². The number of imide groups is 1. The molecule has 168 valence electrons. The minimum atomic E-state index is 0.0260. The number of pyridine rings is 1. The van der Waals surface area contributed by atoms with Gasteiger partial charge in [0, 0.05) is 38.1 Å². The average Bonchev–Trinajstić information content (AvgIpc) is 3.51. The van der Waals surface area contributed by atoms with Crippen molar-refractivity contribution >= 4 is 28.5 Å². The van der Waals surface area contributed by atoms with Gasteiger partial charge in [0.25, 0.3) is 0 Å². The maximum absolute atomic E-state index is 12.8. The molecule has 0 spiro atoms. The largest absolute Gasteiger partial charge is 0.354 e. The highest BCUT2D eigenvalue weighted by molar-refractivity contribution is 6.06. The number of benzene rings is 1. The van der Waals surface area contributed by atoms with E-state index in [9.17, 15) is 9.59 Å². The van der Waals surface area contributed by atoms with Gasteiger partial charge in [-0.15, -0.1) is 0 Å².